The van der Waals surface area contributed by atoms with Crippen LogP contribution in [0, 0.1) is 0 Å². The molecule has 1 fully saturated rings. The fraction of sp³-hybridized carbons (Fsp3) is 0.462. The number of nitrogen functional groups attached to an aromatic ring is 1. The second-order valence-electron chi connectivity index (χ2n) is 4.70. The third kappa shape index (κ3) is 2.81. The number of nitrogens with two attached hydrogens (primary N) is 1. The van der Waals surface area contributed by atoms with Crippen LogP contribution in [0.15, 0.2) is 23.1 Å². The van der Waals surface area contributed by atoms with Gasteiger partial charge in [-0.25, -0.2) is 8.42 Å². The minimum atomic E-state index is -3.80. The van der Waals surface area contributed by atoms with Crippen molar-refractivity contribution in [2.75, 3.05) is 26.5 Å². The molecule has 0 bridgehead atoms. The van der Waals surface area contributed by atoms with Crippen LogP contribution >= 0.6 is 0 Å². The van der Waals surface area contributed by atoms with Crippen LogP contribution in [-0.4, -0.2) is 45.5 Å². The number of methoxy groups -OCH3 is 2. The summed E-state index contributed by atoms with van der Waals surface area (Å²) in [4.78, 5) is 11.8. The molecule has 0 aromatic heterocycles. The van der Waals surface area contributed by atoms with Gasteiger partial charge in [0, 0.05) is 12.6 Å². The second kappa shape index (κ2) is 5.90. The van der Waals surface area contributed by atoms with Gasteiger partial charge >= 0.3 is 5.97 Å². The van der Waals surface area contributed by atoms with Crippen LogP contribution in [0.25, 0.3) is 0 Å². The summed E-state index contributed by atoms with van der Waals surface area (Å²) in [7, 11) is -1.14. The molecular weight excluding hydrogens is 296 g/mol. The highest BCUT2D eigenvalue weighted by molar-refractivity contribution is 7.89. The molecule has 0 spiro atoms. The second-order valence-corrected chi connectivity index (χ2v) is 6.59. The molecule has 7 nitrogen and oxygen atoms in total. The van der Waals surface area contributed by atoms with E-state index in [-0.39, 0.29) is 17.2 Å². The number of ether oxygens (including phenoxy) is 2. The van der Waals surface area contributed by atoms with E-state index in [2.05, 4.69) is 4.74 Å². The number of nitrogens with zero attached hydrogens (tertiary/aromatic N) is 1. The first-order valence-electron chi connectivity index (χ1n) is 6.45. The molecule has 0 radical (unpaired) electrons. The molecular formula is C13H18N2O5S. The van der Waals surface area contributed by atoms with Crippen molar-refractivity contribution >= 4 is 21.7 Å². The molecule has 0 saturated carbocycles. The predicted molar refractivity (Wildman–Crippen MR) is 76.3 cm³/mol. The number of esters is 1. The normalized spacial score (nSPS) is 19.4. The topological polar surface area (TPSA) is 98.9 Å². The summed E-state index contributed by atoms with van der Waals surface area (Å²) >= 11 is 0. The molecule has 1 heterocycles. The number of anilines is 1. The van der Waals surface area contributed by atoms with E-state index in [9.17, 15) is 13.2 Å². The van der Waals surface area contributed by atoms with Gasteiger partial charge < -0.3 is 15.2 Å². The van der Waals surface area contributed by atoms with Gasteiger partial charge in [-0.3, -0.25) is 4.79 Å². The highest BCUT2D eigenvalue weighted by Gasteiger charge is 2.40. The summed E-state index contributed by atoms with van der Waals surface area (Å²) in [6, 6.07) is 3.45. The standard InChI is InChI=1S/C13H18N2O5S/c1-19-12-8-9(5-6-10(12)14)21(17,18)15-7-3-4-11(15)13(16)20-2/h5-6,8,11H,3-4,7,14H2,1-2H3. The first kappa shape index (κ1) is 15.6. The largest absolute Gasteiger partial charge is 0.495 e. The van der Waals surface area contributed by atoms with E-state index in [1.807, 2.05) is 0 Å². The van der Waals surface area contributed by atoms with Gasteiger partial charge in [0.05, 0.1) is 24.8 Å². The Labute approximate surface area is 123 Å². The summed E-state index contributed by atoms with van der Waals surface area (Å²) in [5.74, 6) is -0.261. The molecule has 116 valence electrons. The average Bonchev–Trinajstić information content (AvgIpc) is 2.97. The summed E-state index contributed by atoms with van der Waals surface area (Å²) in [5, 5.41) is 0. The predicted octanol–water partition coefficient (Wildman–Crippen LogP) is 0.603. The van der Waals surface area contributed by atoms with Crippen molar-refractivity contribution in [3.05, 3.63) is 18.2 Å². The summed E-state index contributed by atoms with van der Waals surface area (Å²) in [5.41, 5.74) is 6.04. The van der Waals surface area contributed by atoms with Crippen molar-refractivity contribution in [3.8, 4) is 5.75 Å². The Balaban J connectivity index is 2.39. The minimum Gasteiger partial charge on any atom is -0.495 e. The lowest BCUT2D eigenvalue weighted by Gasteiger charge is -2.22. The number of sulfonamides is 1. The molecule has 2 N–H and O–H groups in total. The van der Waals surface area contributed by atoms with E-state index >= 15 is 0 Å². The molecule has 0 amide bonds. The summed E-state index contributed by atoms with van der Waals surface area (Å²) in [6.45, 7) is 0.286. The number of hydrogen-bond acceptors (Lipinski definition) is 6. The van der Waals surface area contributed by atoms with Crippen molar-refractivity contribution < 1.29 is 22.7 Å². The third-order valence-corrected chi connectivity index (χ3v) is 5.39. The Morgan fingerprint density at radius 3 is 2.71 bits per heavy atom. The first-order valence-corrected chi connectivity index (χ1v) is 7.89. The van der Waals surface area contributed by atoms with Crippen molar-refractivity contribution in [3.63, 3.8) is 0 Å². The molecule has 1 aromatic rings. The lowest BCUT2D eigenvalue weighted by Crippen LogP contribution is -2.41. The molecule has 1 aliphatic rings. The van der Waals surface area contributed by atoms with E-state index in [4.69, 9.17) is 10.5 Å². The van der Waals surface area contributed by atoms with Gasteiger partial charge in [0.2, 0.25) is 10.0 Å². The van der Waals surface area contributed by atoms with Gasteiger partial charge in [0.15, 0.2) is 0 Å². The van der Waals surface area contributed by atoms with Gasteiger partial charge in [0.1, 0.15) is 11.8 Å². The van der Waals surface area contributed by atoms with Crippen molar-refractivity contribution in [2.24, 2.45) is 0 Å². The minimum absolute atomic E-state index is 0.0457. The monoisotopic (exact) mass is 314 g/mol. The van der Waals surface area contributed by atoms with Gasteiger partial charge in [-0.05, 0) is 25.0 Å². The number of rotatable bonds is 4. The molecule has 2 rings (SSSR count). The lowest BCUT2D eigenvalue weighted by atomic mass is 10.2. The van der Waals surface area contributed by atoms with E-state index in [1.165, 1.54) is 36.7 Å². The van der Waals surface area contributed by atoms with Crippen LogP contribution in [0.5, 0.6) is 5.75 Å². The Kier molecular flexibility index (Phi) is 4.38. The summed E-state index contributed by atoms with van der Waals surface area (Å²) < 4.78 is 36.2. The summed E-state index contributed by atoms with van der Waals surface area (Å²) in [6.07, 6.45) is 1.07. The fourth-order valence-electron chi connectivity index (χ4n) is 2.39. The lowest BCUT2D eigenvalue weighted by molar-refractivity contribution is -0.144. The van der Waals surface area contributed by atoms with Crippen LogP contribution in [0.1, 0.15) is 12.8 Å². The Hall–Kier alpha value is -1.80. The van der Waals surface area contributed by atoms with E-state index in [0.717, 1.165) is 0 Å². The van der Waals surface area contributed by atoms with Crippen molar-refractivity contribution in [1.82, 2.24) is 4.31 Å². The first-order chi connectivity index (χ1) is 9.91. The number of carbonyl (C=O) groups is 1. The van der Waals surface area contributed by atoms with Gasteiger partial charge in [-0.1, -0.05) is 0 Å². The van der Waals surface area contributed by atoms with Crippen LogP contribution in [0.4, 0.5) is 5.69 Å². The van der Waals surface area contributed by atoms with Gasteiger partial charge in [-0.15, -0.1) is 0 Å². The Bertz CT molecular complexity index is 644. The maximum atomic E-state index is 12.7. The molecule has 1 atom stereocenters. The maximum Gasteiger partial charge on any atom is 0.324 e. The van der Waals surface area contributed by atoms with Crippen molar-refractivity contribution in [2.45, 2.75) is 23.8 Å². The highest BCUT2D eigenvalue weighted by atomic mass is 32.2. The average molecular weight is 314 g/mol. The van der Waals surface area contributed by atoms with Gasteiger partial charge in [0.25, 0.3) is 0 Å². The number of hydrogen-bond donors (Lipinski definition) is 1. The Morgan fingerprint density at radius 1 is 1.38 bits per heavy atom. The van der Waals surface area contributed by atoms with E-state index in [1.54, 1.807) is 0 Å². The fourth-order valence-corrected chi connectivity index (χ4v) is 4.05. The smallest absolute Gasteiger partial charge is 0.324 e. The van der Waals surface area contributed by atoms with Crippen LogP contribution < -0.4 is 10.5 Å². The highest BCUT2D eigenvalue weighted by Crippen LogP contribution is 2.30. The zero-order valence-electron chi connectivity index (χ0n) is 11.9. The zero-order valence-corrected chi connectivity index (χ0v) is 12.7. The van der Waals surface area contributed by atoms with E-state index in [0.29, 0.717) is 18.5 Å². The molecule has 21 heavy (non-hydrogen) atoms. The molecule has 0 aliphatic carbocycles. The molecule has 8 heteroatoms. The molecule has 1 saturated heterocycles. The number of carbonyl (C=O) groups excluding carboxylic acids is 1. The maximum absolute atomic E-state index is 12.7. The van der Waals surface area contributed by atoms with E-state index < -0.39 is 22.0 Å². The van der Waals surface area contributed by atoms with Crippen molar-refractivity contribution in [1.29, 1.82) is 0 Å². The Morgan fingerprint density at radius 2 is 2.10 bits per heavy atom. The quantitative estimate of drug-likeness (QED) is 0.645. The van der Waals surface area contributed by atoms with Crippen LogP contribution in [0.2, 0.25) is 0 Å². The zero-order chi connectivity index (χ0) is 15.6. The van der Waals surface area contributed by atoms with Gasteiger partial charge in [-0.2, -0.15) is 4.31 Å². The molecule has 1 aromatic carbocycles. The SMILES string of the molecule is COC(=O)C1CCCN1S(=O)(=O)c1ccc(N)c(OC)c1. The van der Waals surface area contributed by atoms with Crippen LogP contribution in [-0.2, 0) is 19.6 Å². The molecule has 1 unspecified atom stereocenters. The molecule has 1 aliphatic heterocycles. The third-order valence-electron chi connectivity index (χ3n) is 3.49. The number of benzene rings is 1. The van der Waals surface area contributed by atoms with Crippen LogP contribution in [0.3, 0.4) is 0 Å².